The number of hydrogen-bond donors (Lipinski definition) is 2. The summed E-state index contributed by atoms with van der Waals surface area (Å²) in [5.41, 5.74) is 0.382. The van der Waals surface area contributed by atoms with Crippen LogP contribution in [0.1, 0.15) is 29.5 Å². The minimum absolute atomic E-state index is 0.0165. The zero-order valence-corrected chi connectivity index (χ0v) is 12.7. The van der Waals surface area contributed by atoms with Gasteiger partial charge in [0.25, 0.3) is 5.56 Å². The predicted octanol–water partition coefficient (Wildman–Crippen LogP) is 0.0138. The van der Waals surface area contributed by atoms with E-state index in [1.807, 2.05) is 7.05 Å². The second-order valence-electron chi connectivity index (χ2n) is 5.70. The van der Waals surface area contributed by atoms with E-state index in [0.717, 1.165) is 26.1 Å². The van der Waals surface area contributed by atoms with Crippen LogP contribution in [-0.2, 0) is 11.2 Å². The van der Waals surface area contributed by atoms with Crippen molar-refractivity contribution in [3.63, 3.8) is 0 Å². The molecule has 1 aromatic heterocycles. The molecule has 0 amide bonds. The van der Waals surface area contributed by atoms with Crippen molar-refractivity contribution >= 4 is 5.97 Å². The summed E-state index contributed by atoms with van der Waals surface area (Å²) in [6.45, 7) is 4.43. The van der Waals surface area contributed by atoms with Crippen LogP contribution in [0.2, 0.25) is 0 Å². The van der Waals surface area contributed by atoms with Gasteiger partial charge in [-0.2, -0.15) is 0 Å². The Morgan fingerprint density at radius 3 is 2.76 bits per heavy atom. The fourth-order valence-electron chi connectivity index (χ4n) is 2.72. The van der Waals surface area contributed by atoms with Gasteiger partial charge in [0.1, 0.15) is 5.82 Å². The van der Waals surface area contributed by atoms with Gasteiger partial charge >= 0.3 is 5.97 Å². The Hall–Kier alpha value is -1.73. The highest BCUT2D eigenvalue weighted by molar-refractivity contribution is 5.70. The van der Waals surface area contributed by atoms with Crippen molar-refractivity contribution in [2.45, 2.75) is 25.8 Å². The van der Waals surface area contributed by atoms with Gasteiger partial charge in [0, 0.05) is 17.8 Å². The Morgan fingerprint density at radius 1 is 1.43 bits per heavy atom. The number of nitrogens with zero attached hydrogens (tertiary/aromatic N) is 3. The summed E-state index contributed by atoms with van der Waals surface area (Å²) in [6, 6.07) is 0.0165. The topological polar surface area (TPSA) is 89.5 Å². The van der Waals surface area contributed by atoms with Crippen molar-refractivity contribution in [2.24, 2.45) is 0 Å². The van der Waals surface area contributed by atoms with Crippen molar-refractivity contribution in [1.29, 1.82) is 0 Å². The van der Waals surface area contributed by atoms with Gasteiger partial charge in [0.15, 0.2) is 0 Å². The number of aryl methyl sites for hydroxylation is 1. The molecular weight excluding hydrogens is 272 g/mol. The molecule has 1 fully saturated rings. The Balaban J connectivity index is 2.35. The lowest BCUT2D eigenvalue weighted by Crippen LogP contribution is -2.34. The smallest absolute Gasteiger partial charge is 0.308 e. The molecule has 0 radical (unpaired) electrons. The average Bonchev–Trinajstić information content (AvgIpc) is 2.55. The first kappa shape index (κ1) is 15.7. The zero-order valence-electron chi connectivity index (χ0n) is 12.7. The van der Waals surface area contributed by atoms with Gasteiger partial charge in [0.05, 0.1) is 12.5 Å². The van der Waals surface area contributed by atoms with Crippen LogP contribution in [0.5, 0.6) is 0 Å². The van der Waals surface area contributed by atoms with Gasteiger partial charge in [-0.15, -0.1) is 0 Å². The number of carboxylic acid groups (broad SMARTS) is 1. The van der Waals surface area contributed by atoms with E-state index in [4.69, 9.17) is 5.11 Å². The molecule has 7 nitrogen and oxygen atoms in total. The fourth-order valence-corrected chi connectivity index (χ4v) is 2.72. The van der Waals surface area contributed by atoms with Crippen LogP contribution in [0.15, 0.2) is 4.79 Å². The summed E-state index contributed by atoms with van der Waals surface area (Å²) < 4.78 is 0. The molecule has 0 aliphatic carbocycles. The number of aromatic nitrogens is 2. The molecule has 1 saturated heterocycles. The van der Waals surface area contributed by atoms with Gasteiger partial charge in [-0.1, -0.05) is 0 Å². The third-order valence-corrected chi connectivity index (χ3v) is 3.95. The van der Waals surface area contributed by atoms with Crippen LogP contribution >= 0.6 is 0 Å². The highest BCUT2D eigenvalue weighted by Crippen LogP contribution is 2.20. The first-order chi connectivity index (χ1) is 9.88. The van der Waals surface area contributed by atoms with Crippen LogP contribution in [-0.4, -0.2) is 64.6 Å². The van der Waals surface area contributed by atoms with Crippen LogP contribution in [0.3, 0.4) is 0 Å². The molecule has 1 aliphatic rings. The Morgan fingerprint density at radius 2 is 2.14 bits per heavy atom. The molecule has 7 heteroatoms. The zero-order chi connectivity index (χ0) is 15.6. The lowest BCUT2D eigenvalue weighted by molar-refractivity contribution is -0.136. The molecule has 1 aromatic rings. The van der Waals surface area contributed by atoms with Crippen molar-refractivity contribution < 1.29 is 9.90 Å². The molecule has 0 aromatic carbocycles. The summed E-state index contributed by atoms with van der Waals surface area (Å²) in [4.78, 5) is 34.5. The largest absolute Gasteiger partial charge is 0.481 e. The number of aliphatic carboxylic acids is 1. The summed E-state index contributed by atoms with van der Waals surface area (Å²) in [6.07, 6.45) is 0.776. The van der Waals surface area contributed by atoms with E-state index in [9.17, 15) is 9.59 Å². The number of nitrogens with one attached hydrogen (secondary N) is 1. The first-order valence-electron chi connectivity index (χ1n) is 7.08. The summed E-state index contributed by atoms with van der Waals surface area (Å²) in [7, 11) is 4.07. The predicted molar refractivity (Wildman–Crippen MR) is 78.4 cm³/mol. The Kier molecular flexibility index (Phi) is 4.74. The van der Waals surface area contributed by atoms with Gasteiger partial charge in [-0.25, -0.2) is 4.98 Å². The standard InChI is InChI=1S/C14H22N4O3/c1-9-10(7-12(19)20)14(21)16-13(15-9)11-8-17(2)5-4-6-18(11)3/h11H,4-8H2,1-3H3,(H,19,20)(H,15,16,21). The molecule has 116 valence electrons. The lowest BCUT2D eigenvalue weighted by atomic mass is 10.1. The Bertz CT molecular complexity index is 584. The van der Waals surface area contributed by atoms with Crippen molar-refractivity contribution in [1.82, 2.24) is 19.8 Å². The molecule has 2 rings (SSSR count). The van der Waals surface area contributed by atoms with Gasteiger partial charge in [0.2, 0.25) is 0 Å². The van der Waals surface area contributed by atoms with Crippen molar-refractivity contribution in [3.05, 3.63) is 27.4 Å². The first-order valence-corrected chi connectivity index (χ1v) is 7.08. The van der Waals surface area contributed by atoms with Crippen molar-refractivity contribution in [2.75, 3.05) is 33.7 Å². The molecule has 2 N–H and O–H groups in total. The van der Waals surface area contributed by atoms with Crippen LogP contribution in [0.4, 0.5) is 0 Å². The average molecular weight is 294 g/mol. The number of aromatic amines is 1. The molecule has 0 bridgehead atoms. The lowest BCUT2D eigenvalue weighted by Gasteiger charge is -2.26. The second kappa shape index (κ2) is 6.36. The maximum atomic E-state index is 12.1. The number of rotatable bonds is 3. The molecular formula is C14H22N4O3. The monoisotopic (exact) mass is 294 g/mol. The van der Waals surface area contributed by atoms with E-state index in [2.05, 4.69) is 26.8 Å². The maximum Gasteiger partial charge on any atom is 0.308 e. The van der Waals surface area contributed by atoms with Crippen LogP contribution < -0.4 is 5.56 Å². The Labute approximate surface area is 123 Å². The normalized spacial score (nSPS) is 21.2. The van der Waals surface area contributed by atoms with E-state index in [0.29, 0.717) is 11.5 Å². The molecule has 1 aliphatic heterocycles. The fraction of sp³-hybridized carbons (Fsp3) is 0.643. The number of carbonyl (C=O) groups is 1. The summed E-state index contributed by atoms with van der Waals surface area (Å²) in [5, 5.41) is 8.85. The third-order valence-electron chi connectivity index (χ3n) is 3.95. The SMILES string of the molecule is Cc1nc(C2CN(C)CCCN2C)[nH]c(=O)c1CC(=O)O. The van der Waals surface area contributed by atoms with E-state index in [-0.39, 0.29) is 23.6 Å². The van der Waals surface area contributed by atoms with E-state index < -0.39 is 5.97 Å². The van der Waals surface area contributed by atoms with Gasteiger partial charge in [-0.05, 0) is 40.5 Å². The van der Waals surface area contributed by atoms with E-state index in [1.54, 1.807) is 6.92 Å². The molecule has 2 heterocycles. The molecule has 0 spiro atoms. The van der Waals surface area contributed by atoms with E-state index in [1.165, 1.54) is 0 Å². The summed E-state index contributed by atoms with van der Waals surface area (Å²) in [5.74, 6) is -0.410. The molecule has 1 unspecified atom stereocenters. The van der Waals surface area contributed by atoms with Crippen LogP contribution in [0, 0.1) is 6.92 Å². The van der Waals surface area contributed by atoms with Gasteiger partial charge in [-0.3, -0.25) is 14.5 Å². The van der Waals surface area contributed by atoms with E-state index >= 15 is 0 Å². The molecule has 1 atom stereocenters. The molecule has 0 saturated carbocycles. The second-order valence-corrected chi connectivity index (χ2v) is 5.70. The number of likely N-dealkylation sites (N-methyl/N-ethyl adjacent to an activating group) is 2. The maximum absolute atomic E-state index is 12.1. The summed E-state index contributed by atoms with van der Waals surface area (Å²) >= 11 is 0. The number of hydrogen-bond acceptors (Lipinski definition) is 5. The number of H-pyrrole nitrogens is 1. The number of carboxylic acids is 1. The minimum Gasteiger partial charge on any atom is -0.481 e. The minimum atomic E-state index is -1.02. The molecule has 21 heavy (non-hydrogen) atoms. The third kappa shape index (κ3) is 3.68. The quantitative estimate of drug-likeness (QED) is 0.816. The highest BCUT2D eigenvalue weighted by atomic mass is 16.4. The highest BCUT2D eigenvalue weighted by Gasteiger charge is 2.25. The van der Waals surface area contributed by atoms with Gasteiger partial charge < -0.3 is 15.0 Å². The van der Waals surface area contributed by atoms with Crippen molar-refractivity contribution in [3.8, 4) is 0 Å². The van der Waals surface area contributed by atoms with Crippen LogP contribution in [0.25, 0.3) is 0 Å².